The van der Waals surface area contributed by atoms with Crippen molar-refractivity contribution in [3.63, 3.8) is 0 Å². The Morgan fingerprint density at radius 2 is 1.94 bits per heavy atom. The van der Waals surface area contributed by atoms with Crippen LogP contribution in [0.15, 0.2) is 18.2 Å². The minimum Gasteiger partial charge on any atom is -0.370 e. The van der Waals surface area contributed by atoms with Gasteiger partial charge in [0.05, 0.1) is 0 Å². The first-order valence-electron chi connectivity index (χ1n) is 6.36. The van der Waals surface area contributed by atoms with Gasteiger partial charge < -0.3 is 10.6 Å². The first-order valence-corrected chi connectivity index (χ1v) is 6.36. The van der Waals surface area contributed by atoms with Gasteiger partial charge in [-0.15, -0.1) is 0 Å². The summed E-state index contributed by atoms with van der Waals surface area (Å²) in [6.07, 6.45) is 6.67. The fourth-order valence-electron chi connectivity index (χ4n) is 2.25. The summed E-state index contributed by atoms with van der Waals surface area (Å²) in [5, 5.41) is 6.76. The number of nitrogens with zero attached hydrogens (tertiary/aromatic N) is 1. The summed E-state index contributed by atoms with van der Waals surface area (Å²) >= 11 is 0. The molecule has 16 heavy (non-hydrogen) atoms. The molecule has 0 atom stereocenters. The molecule has 0 unspecified atom stereocenters. The highest BCUT2D eigenvalue weighted by Gasteiger charge is 2.13. The molecule has 0 aliphatic heterocycles. The Bertz CT molecular complexity index is 319. The highest BCUT2D eigenvalue weighted by Crippen LogP contribution is 2.21. The molecule has 1 fully saturated rings. The summed E-state index contributed by atoms with van der Waals surface area (Å²) in [6.45, 7) is 3.00. The van der Waals surface area contributed by atoms with Crippen LogP contribution in [0.4, 0.5) is 11.6 Å². The second-order valence-corrected chi connectivity index (χ2v) is 4.42. The van der Waals surface area contributed by atoms with Crippen molar-refractivity contribution in [1.29, 1.82) is 0 Å². The lowest BCUT2D eigenvalue weighted by molar-refractivity contribution is 0.462. The summed E-state index contributed by atoms with van der Waals surface area (Å²) in [5.41, 5.74) is 0. The molecular formula is C13H21N3. The molecule has 2 N–H and O–H groups in total. The van der Waals surface area contributed by atoms with Crippen molar-refractivity contribution >= 4 is 11.6 Å². The van der Waals surface area contributed by atoms with Gasteiger partial charge in [-0.1, -0.05) is 25.3 Å². The normalized spacial score (nSPS) is 17.1. The average molecular weight is 219 g/mol. The molecule has 2 rings (SSSR count). The van der Waals surface area contributed by atoms with E-state index in [1.54, 1.807) is 0 Å². The zero-order valence-electron chi connectivity index (χ0n) is 10.00. The molecule has 0 saturated heterocycles. The summed E-state index contributed by atoms with van der Waals surface area (Å²) in [7, 11) is 0. The van der Waals surface area contributed by atoms with E-state index in [1.807, 2.05) is 6.07 Å². The van der Waals surface area contributed by atoms with Gasteiger partial charge in [-0.3, -0.25) is 0 Å². The monoisotopic (exact) mass is 219 g/mol. The lowest BCUT2D eigenvalue weighted by atomic mass is 9.95. The van der Waals surface area contributed by atoms with Crippen LogP contribution in [0.3, 0.4) is 0 Å². The van der Waals surface area contributed by atoms with Gasteiger partial charge in [-0.25, -0.2) is 4.98 Å². The van der Waals surface area contributed by atoms with Crippen LogP contribution in [-0.4, -0.2) is 17.6 Å². The number of aromatic nitrogens is 1. The Kier molecular flexibility index (Phi) is 4.03. The Morgan fingerprint density at radius 1 is 1.19 bits per heavy atom. The zero-order valence-corrected chi connectivity index (χ0v) is 10.00. The molecule has 0 bridgehead atoms. The van der Waals surface area contributed by atoms with Crippen LogP contribution in [-0.2, 0) is 0 Å². The Balaban J connectivity index is 1.94. The van der Waals surface area contributed by atoms with Gasteiger partial charge in [0.25, 0.3) is 0 Å². The third-order valence-electron chi connectivity index (χ3n) is 3.06. The van der Waals surface area contributed by atoms with Crippen LogP contribution >= 0.6 is 0 Å². The molecule has 1 aliphatic rings. The van der Waals surface area contributed by atoms with Gasteiger partial charge >= 0.3 is 0 Å². The van der Waals surface area contributed by atoms with Gasteiger partial charge in [0, 0.05) is 12.6 Å². The maximum atomic E-state index is 4.53. The lowest BCUT2D eigenvalue weighted by Gasteiger charge is -2.23. The molecule has 0 spiro atoms. The molecule has 1 aliphatic carbocycles. The molecule has 0 radical (unpaired) electrons. The number of nitrogens with one attached hydrogen (secondary N) is 2. The third-order valence-corrected chi connectivity index (χ3v) is 3.06. The minimum atomic E-state index is 0.623. The molecule has 0 aromatic carbocycles. The van der Waals surface area contributed by atoms with Crippen LogP contribution in [0.1, 0.15) is 39.0 Å². The van der Waals surface area contributed by atoms with Gasteiger partial charge in [0.2, 0.25) is 0 Å². The Labute approximate surface area is 97.7 Å². The van der Waals surface area contributed by atoms with Crippen molar-refractivity contribution in [2.75, 3.05) is 17.2 Å². The molecule has 0 amide bonds. The van der Waals surface area contributed by atoms with Crippen molar-refractivity contribution in [3.8, 4) is 0 Å². The Hall–Kier alpha value is -1.25. The van der Waals surface area contributed by atoms with E-state index in [4.69, 9.17) is 0 Å². The predicted octanol–water partition coefficient (Wildman–Crippen LogP) is 3.26. The number of anilines is 2. The second-order valence-electron chi connectivity index (χ2n) is 4.42. The summed E-state index contributed by atoms with van der Waals surface area (Å²) in [4.78, 5) is 4.53. The zero-order chi connectivity index (χ0) is 11.2. The molecule has 1 aromatic rings. The molecule has 1 saturated carbocycles. The Morgan fingerprint density at radius 3 is 2.69 bits per heavy atom. The molecule has 1 heterocycles. The smallest absolute Gasteiger partial charge is 0.128 e. The topological polar surface area (TPSA) is 37.0 Å². The van der Waals surface area contributed by atoms with Gasteiger partial charge in [0.1, 0.15) is 11.6 Å². The second kappa shape index (κ2) is 5.73. The van der Waals surface area contributed by atoms with Gasteiger partial charge in [-0.2, -0.15) is 0 Å². The van der Waals surface area contributed by atoms with E-state index in [-0.39, 0.29) is 0 Å². The van der Waals surface area contributed by atoms with Crippen molar-refractivity contribution < 1.29 is 0 Å². The fraction of sp³-hybridized carbons (Fsp3) is 0.615. The summed E-state index contributed by atoms with van der Waals surface area (Å²) in [6, 6.07) is 6.74. The van der Waals surface area contributed by atoms with Crippen LogP contribution in [0.2, 0.25) is 0 Å². The fourth-order valence-corrected chi connectivity index (χ4v) is 2.25. The molecule has 88 valence electrons. The highest BCUT2D eigenvalue weighted by molar-refractivity contribution is 5.45. The van der Waals surface area contributed by atoms with Crippen molar-refractivity contribution in [2.24, 2.45) is 0 Å². The van der Waals surface area contributed by atoms with E-state index in [1.165, 1.54) is 32.1 Å². The highest BCUT2D eigenvalue weighted by atomic mass is 15.1. The van der Waals surface area contributed by atoms with Gasteiger partial charge in [0.15, 0.2) is 0 Å². The van der Waals surface area contributed by atoms with Crippen LogP contribution in [0.5, 0.6) is 0 Å². The average Bonchev–Trinajstić information content (AvgIpc) is 2.31. The largest absolute Gasteiger partial charge is 0.370 e. The molecular weight excluding hydrogens is 198 g/mol. The van der Waals surface area contributed by atoms with Crippen LogP contribution in [0, 0.1) is 0 Å². The third kappa shape index (κ3) is 3.12. The van der Waals surface area contributed by atoms with E-state index >= 15 is 0 Å². The number of hydrogen-bond donors (Lipinski definition) is 2. The number of rotatable bonds is 4. The van der Waals surface area contributed by atoms with E-state index in [2.05, 4.69) is 34.7 Å². The molecule has 3 heteroatoms. The van der Waals surface area contributed by atoms with Crippen LogP contribution < -0.4 is 10.6 Å². The van der Waals surface area contributed by atoms with Crippen molar-refractivity contribution in [3.05, 3.63) is 18.2 Å². The summed E-state index contributed by atoms with van der Waals surface area (Å²) in [5.74, 6) is 1.97. The van der Waals surface area contributed by atoms with Crippen molar-refractivity contribution in [2.45, 2.75) is 45.1 Å². The van der Waals surface area contributed by atoms with E-state index in [9.17, 15) is 0 Å². The summed E-state index contributed by atoms with van der Waals surface area (Å²) < 4.78 is 0. The minimum absolute atomic E-state index is 0.623. The van der Waals surface area contributed by atoms with Crippen molar-refractivity contribution in [1.82, 2.24) is 4.98 Å². The molecule has 1 aromatic heterocycles. The maximum absolute atomic E-state index is 4.53. The maximum Gasteiger partial charge on any atom is 0.128 e. The van der Waals surface area contributed by atoms with E-state index in [0.29, 0.717) is 6.04 Å². The number of pyridine rings is 1. The first kappa shape index (κ1) is 11.2. The van der Waals surface area contributed by atoms with Gasteiger partial charge in [-0.05, 0) is 31.9 Å². The van der Waals surface area contributed by atoms with Crippen LogP contribution in [0.25, 0.3) is 0 Å². The standard InChI is InChI=1S/C13H21N3/c1-2-14-12-9-6-10-13(16-12)15-11-7-4-3-5-8-11/h6,9-11H,2-5,7-8H2,1H3,(H2,14,15,16). The lowest BCUT2D eigenvalue weighted by Crippen LogP contribution is -2.22. The SMILES string of the molecule is CCNc1cccc(NC2CCCCC2)n1. The van der Waals surface area contributed by atoms with E-state index in [0.717, 1.165) is 18.2 Å². The molecule has 3 nitrogen and oxygen atoms in total. The quantitative estimate of drug-likeness (QED) is 0.816. The number of hydrogen-bond acceptors (Lipinski definition) is 3. The van der Waals surface area contributed by atoms with E-state index < -0.39 is 0 Å². The predicted molar refractivity (Wildman–Crippen MR) is 68.9 cm³/mol. The first-order chi connectivity index (χ1) is 7.88.